The van der Waals surface area contributed by atoms with Gasteiger partial charge in [-0.25, -0.2) is 9.59 Å². The number of alkyl halides is 3. The number of carbonyl (C=O) groups is 2. The molecule has 1 atom stereocenters. The normalized spacial score (nSPS) is 21.6. The molecule has 2 amide bonds. The molecular formula is C20H30F3N5O3. The highest BCUT2D eigenvalue weighted by molar-refractivity contribution is 5.74. The molecule has 1 saturated heterocycles. The number of aromatic nitrogens is 2. The number of amides is 2. The van der Waals surface area contributed by atoms with Gasteiger partial charge in [-0.1, -0.05) is 6.42 Å². The highest BCUT2D eigenvalue weighted by atomic mass is 19.4. The van der Waals surface area contributed by atoms with Gasteiger partial charge in [0.05, 0.1) is 11.7 Å². The van der Waals surface area contributed by atoms with Crippen molar-refractivity contribution in [3.63, 3.8) is 0 Å². The van der Waals surface area contributed by atoms with Crippen molar-refractivity contribution in [3.05, 3.63) is 18.0 Å². The van der Waals surface area contributed by atoms with Crippen LogP contribution in [-0.2, 0) is 11.3 Å². The zero-order valence-corrected chi connectivity index (χ0v) is 17.5. The third kappa shape index (κ3) is 6.59. The number of fused-ring (bicyclic) bond motifs is 1. The van der Waals surface area contributed by atoms with Gasteiger partial charge < -0.3 is 15.3 Å². The van der Waals surface area contributed by atoms with Crippen LogP contribution in [0.25, 0.3) is 0 Å². The summed E-state index contributed by atoms with van der Waals surface area (Å²) >= 11 is 0. The summed E-state index contributed by atoms with van der Waals surface area (Å²) in [4.78, 5) is 25.5. The number of aliphatic carboxylic acids is 1. The van der Waals surface area contributed by atoms with Crippen LogP contribution in [0.3, 0.4) is 0 Å². The molecule has 1 saturated carbocycles. The summed E-state index contributed by atoms with van der Waals surface area (Å²) < 4.78 is 33.9. The maximum Gasteiger partial charge on any atom is 0.490 e. The Morgan fingerprint density at radius 1 is 1.19 bits per heavy atom. The molecule has 0 spiro atoms. The number of hydrogen-bond donors (Lipinski definition) is 2. The third-order valence-corrected chi connectivity index (χ3v) is 6.08. The summed E-state index contributed by atoms with van der Waals surface area (Å²) in [6.45, 7) is 5.86. The van der Waals surface area contributed by atoms with E-state index in [2.05, 4.69) is 26.1 Å². The van der Waals surface area contributed by atoms with E-state index in [-0.39, 0.29) is 6.03 Å². The summed E-state index contributed by atoms with van der Waals surface area (Å²) in [6, 6.07) is 2.63. The average Bonchev–Trinajstić information content (AvgIpc) is 3.36. The summed E-state index contributed by atoms with van der Waals surface area (Å²) in [5.74, 6) is -1.86. The zero-order chi connectivity index (χ0) is 22.4. The first-order valence-electron chi connectivity index (χ1n) is 10.8. The van der Waals surface area contributed by atoms with Gasteiger partial charge in [0.1, 0.15) is 0 Å². The average molecular weight is 445 g/mol. The van der Waals surface area contributed by atoms with Gasteiger partial charge in [0.25, 0.3) is 0 Å². The molecular weight excluding hydrogens is 415 g/mol. The van der Waals surface area contributed by atoms with Crippen LogP contribution in [0.2, 0.25) is 0 Å². The smallest absolute Gasteiger partial charge is 0.475 e. The lowest BCUT2D eigenvalue weighted by Crippen LogP contribution is -2.43. The molecule has 3 heterocycles. The van der Waals surface area contributed by atoms with Gasteiger partial charge in [-0.05, 0) is 44.1 Å². The van der Waals surface area contributed by atoms with Crippen LogP contribution in [0.15, 0.2) is 12.3 Å². The van der Waals surface area contributed by atoms with Crippen LogP contribution < -0.4 is 5.32 Å². The number of likely N-dealkylation sites (tertiary alicyclic amines) is 1. The van der Waals surface area contributed by atoms with Crippen molar-refractivity contribution in [1.82, 2.24) is 24.9 Å². The van der Waals surface area contributed by atoms with Crippen LogP contribution in [0.1, 0.15) is 50.3 Å². The Morgan fingerprint density at radius 2 is 1.87 bits per heavy atom. The Kier molecular flexibility index (Phi) is 7.79. The summed E-state index contributed by atoms with van der Waals surface area (Å²) in [7, 11) is 0. The molecule has 2 aliphatic heterocycles. The van der Waals surface area contributed by atoms with E-state index < -0.39 is 12.1 Å². The molecule has 4 rings (SSSR count). The van der Waals surface area contributed by atoms with E-state index in [0.717, 1.165) is 57.9 Å². The second kappa shape index (κ2) is 10.3. The van der Waals surface area contributed by atoms with E-state index in [9.17, 15) is 18.0 Å². The monoisotopic (exact) mass is 445 g/mol. The SMILES string of the molecule is O=C(NCCC1CN(CC2CCC2)Cc2ccnn21)N1CCCC1.O=C(O)C(F)(F)F. The highest BCUT2D eigenvalue weighted by Gasteiger charge is 2.38. The second-order valence-electron chi connectivity index (χ2n) is 8.43. The first-order valence-corrected chi connectivity index (χ1v) is 10.8. The van der Waals surface area contributed by atoms with Gasteiger partial charge in [0, 0.05) is 45.5 Å². The molecule has 0 radical (unpaired) electrons. The fraction of sp³-hybridized carbons (Fsp3) is 0.750. The van der Waals surface area contributed by atoms with Crippen molar-refractivity contribution >= 4 is 12.0 Å². The molecule has 2 fully saturated rings. The van der Waals surface area contributed by atoms with E-state index in [0.29, 0.717) is 6.04 Å². The van der Waals surface area contributed by atoms with E-state index in [1.165, 1.54) is 31.5 Å². The highest BCUT2D eigenvalue weighted by Crippen LogP contribution is 2.30. The standard InChI is InChI=1S/C18H29N5O.C2HF3O2/c24-18(22-10-1-2-11-22)19-8-6-16-13-21(12-15-4-3-5-15)14-17-7-9-20-23(16)17;3-2(4,5)1(6)7/h7,9,15-16H,1-6,8,10-14H2,(H,19,24);(H,6,7). The van der Waals surface area contributed by atoms with Crippen molar-refractivity contribution in [2.24, 2.45) is 5.92 Å². The Labute approximate surface area is 179 Å². The predicted molar refractivity (Wildman–Crippen MR) is 106 cm³/mol. The Bertz CT molecular complexity index is 745. The minimum absolute atomic E-state index is 0.107. The minimum Gasteiger partial charge on any atom is -0.475 e. The predicted octanol–water partition coefficient (Wildman–Crippen LogP) is 2.87. The van der Waals surface area contributed by atoms with Crippen molar-refractivity contribution in [2.75, 3.05) is 32.7 Å². The van der Waals surface area contributed by atoms with E-state index >= 15 is 0 Å². The largest absolute Gasteiger partial charge is 0.490 e. The number of nitrogens with one attached hydrogen (secondary N) is 1. The fourth-order valence-corrected chi connectivity index (χ4v) is 4.24. The number of urea groups is 1. The second-order valence-corrected chi connectivity index (χ2v) is 8.43. The summed E-state index contributed by atoms with van der Waals surface area (Å²) in [5.41, 5.74) is 1.32. The van der Waals surface area contributed by atoms with Gasteiger partial charge in [0.2, 0.25) is 0 Å². The Balaban J connectivity index is 0.000000339. The van der Waals surface area contributed by atoms with Crippen molar-refractivity contribution in [3.8, 4) is 0 Å². The molecule has 2 N–H and O–H groups in total. The van der Waals surface area contributed by atoms with Gasteiger partial charge in [-0.3, -0.25) is 9.58 Å². The third-order valence-electron chi connectivity index (χ3n) is 6.08. The van der Waals surface area contributed by atoms with E-state index in [1.54, 1.807) is 0 Å². The summed E-state index contributed by atoms with van der Waals surface area (Å²) in [6.07, 6.45) is 4.26. The number of nitrogens with zero attached hydrogens (tertiary/aromatic N) is 4. The van der Waals surface area contributed by atoms with Crippen LogP contribution in [0.4, 0.5) is 18.0 Å². The first-order chi connectivity index (χ1) is 14.7. The number of rotatable bonds is 5. The lowest BCUT2D eigenvalue weighted by atomic mass is 9.85. The molecule has 11 heteroatoms. The molecule has 0 aromatic carbocycles. The van der Waals surface area contributed by atoms with Gasteiger partial charge in [0.15, 0.2) is 0 Å². The van der Waals surface area contributed by atoms with Crippen molar-refractivity contribution < 1.29 is 27.9 Å². The van der Waals surface area contributed by atoms with Crippen molar-refractivity contribution in [1.29, 1.82) is 0 Å². The Hall–Kier alpha value is -2.30. The molecule has 1 aromatic heterocycles. The maximum absolute atomic E-state index is 12.1. The molecule has 31 heavy (non-hydrogen) atoms. The van der Waals surface area contributed by atoms with E-state index in [4.69, 9.17) is 9.90 Å². The lowest BCUT2D eigenvalue weighted by Gasteiger charge is -2.38. The Morgan fingerprint density at radius 3 is 2.45 bits per heavy atom. The zero-order valence-electron chi connectivity index (χ0n) is 17.5. The van der Waals surface area contributed by atoms with Crippen LogP contribution in [0, 0.1) is 5.92 Å². The van der Waals surface area contributed by atoms with Gasteiger partial charge in [-0.15, -0.1) is 0 Å². The summed E-state index contributed by atoms with van der Waals surface area (Å²) in [5, 5.41) is 14.8. The first kappa shape index (κ1) is 23.4. The molecule has 174 valence electrons. The van der Waals surface area contributed by atoms with Crippen LogP contribution >= 0.6 is 0 Å². The minimum atomic E-state index is -5.08. The molecule has 0 bridgehead atoms. The number of carboxylic acid groups (broad SMARTS) is 1. The topological polar surface area (TPSA) is 90.7 Å². The van der Waals surface area contributed by atoms with Gasteiger partial charge >= 0.3 is 18.2 Å². The number of carboxylic acids is 1. The number of halogens is 3. The van der Waals surface area contributed by atoms with Gasteiger partial charge in [-0.2, -0.15) is 18.3 Å². The molecule has 8 nitrogen and oxygen atoms in total. The maximum atomic E-state index is 12.1. The van der Waals surface area contributed by atoms with Crippen LogP contribution in [-0.4, -0.2) is 75.6 Å². The fourth-order valence-electron chi connectivity index (χ4n) is 4.24. The van der Waals surface area contributed by atoms with Crippen LogP contribution in [0.5, 0.6) is 0 Å². The molecule has 1 aromatic rings. The van der Waals surface area contributed by atoms with E-state index in [1.807, 2.05) is 11.1 Å². The number of hydrogen-bond acceptors (Lipinski definition) is 4. The molecule has 1 unspecified atom stereocenters. The quantitative estimate of drug-likeness (QED) is 0.728. The molecule has 1 aliphatic carbocycles. The number of carbonyl (C=O) groups excluding carboxylic acids is 1. The molecule has 3 aliphatic rings. The lowest BCUT2D eigenvalue weighted by molar-refractivity contribution is -0.192. The van der Waals surface area contributed by atoms with Crippen molar-refractivity contribution in [2.45, 2.75) is 57.3 Å².